The molecule has 1 aromatic carbocycles. The first kappa shape index (κ1) is 16.8. The molecule has 0 saturated carbocycles. The van der Waals surface area contributed by atoms with Gasteiger partial charge in [-0.2, -0.15) is 0 Å². The van der Waals surface area contributed by atoms with Crippen molar-refractivity contribution in [3.63, 3.8) is 0 Å². The van der Waals surface area contributed by atoms with Gasteiger partial charge in [-0.15, -0.1) is 0 Å². The monoisotopic (exact) mass is 292 g/mol. The zero-order valence-electron chi connectivity index (χ0n) is 12.9. The summed E-state index contributed by atoms with van der Waals surface area (Å²) in [6.45, 7) is 2.96. The molecular weight excluding hydrogens is 268 g/mol. The number of nitrogen functional groups attached to an aromatic ring is 1. The van der Waals surface area contributed by atoms with Crippen molar-refractivity contribution in [1.82, 2.24) is 10.6 Å². The number of anilines is 2. The summed E-state index contributed by atoms with van der Waals surface area (Å²) in [6.07, 6.45) is 1.17. The lowest BCUT2D eigenvalue weighted by Crippen LogP contribution is -2.31. The molecule has 21 heavy (non-hydrogen) atoms. The maximum Gasteiger partial charge on any atom is 0.251 e. The van der Waals surface area contributed by atoms with E-state index in [2.05, 4.69) is 10.6 Å². The molecule has 1 aromatic rings. The fourth-order valence-electron chi connectivity index (χ4n) is 1.85. The Kier molecular flexibility index (Phi) is 6.52. The van der Waals surface area contributed by atoms with Crippen LogP contribution < -0.4 is 21.3 Å². The lowest BCUT2D eigenvalue weighted by atomic mass is 10.1. The predicted octanol–water partition coefficient (Wildman–Crippen LogP) is 0.981. The third-order valence-electron chi connectivity index (χ3n) is 2.98. The van der Waals surface area contributed by atoms with Gasteiger partial charge in [-0.05, 0) is 24.6 Å². The van der Waals surface area contributed by atoms with Gasteiger partial charge in [-0.1, -0.05) is 6.92 Å². The van der Waals surface area contributed by atoms with Gasteiger partial charge in [-0.25, -0.2) is 0 Å². The SMILES string of the molecule is CCCNC(=O)CCNC(=O)c1ccc(N(C)C)c(N)c1. The molecule has 0 saturated heterocycles. The normalized spacial score (nSPS) is 10.0. The van der Waals surface area contributed by atoms with Crippen molar-refractivity contribution in [2.24, 2.45) is 0 Å². The first-order valence-electron chi connectivity index (χ1n) is 7.07. The Morgan fingerprint density at radius 2 is 1.90 bits per heavy atom. The Bertz CT molecular complexity index is 500. The zero-order chi connectivity index (χ0) is 15.8. The number of amides is 2. The van der Waals surface area contributed by atoms with E-state index in [1.807, 2.05) is 25.9 Å². The highest BCUT2D eigenvalue weighted by atomic mass is 16.2. The second-order valence-corrected chi connectivity index (χ2v) is 5.02. The van der Waals surface area contributed by atoms with Gasteiger partial charge >= 0.3 is 0 Å². The van der Waals surface area contributed by atoms with Crippen molar-refractivity contribution in [3.8, 4) is 0 Å². The van der Waals surface area contributed by atoms with Gasteiger partial charge in [0.1, 0.15) is 0 Å². The molecule has 0 unspecified atom stereocenters. The van der Waals surface area contributed by atoms with Gasteiger partial charge in [0, 0.05) is 39.2 Å². The standard InChI is InChI=1S/C15H24N4O2/c1-4-8-17-14(20)7-9-18-15(21)11-5-6-13(19(2)3)12(16)10-11/h5-6,10H,4,7-9,16H2,1-3H3,(H,17,20)(H,18,21). The first-order valence-corrected chi connectivity index (χ1v) is 7.07. The quantitative estimate of drug-likeness (QED) is 0.654. The van der Waals surface area contributed by atoms with Gasteiger partial charge < -0.3 is 21.3 Å². The van der Waals surface area contributed by atoms with Gasteiger partial charge in [0.05, 0.1) is 11.4 Å². The number of rotatable bonds is 7. The summed E-state index contributed by atoms with van der Waals surface area (Å²) in [7, 11) is 3.78. The van der Waals surface area contributed by atoms with Crippen LogP contribution in [0.15, 0.2) is 18.2 Å². The third-order valence-corrected chi connectivity index (χ3v) is 2.98. The summed E-state index contributed by atoms with van der Waals surface area (Å²) in [5.41, 5.74) is 7.81. The molecule has 0 aliphatic heterocycles. The van der Waals surface area contributed by atoms with E-state index in [0.717, 1.165) is 12.1 Å². The number of hydrogen-bond donors (Lipinski definition) is 3. The number of nitrogens with zero attached hydrogens (tertiary/aromatic N) is 1. The smallest absolute Gasteiger partial charge is 0.251 e. The molecular formula is C15H24N4O2. The number of nitrogens with one attached hydrogen (secondary N) is 2. The summed E-state index contributed by atoms with van der Waals surface area (Å²) in [6, 6.07) is 5.16. The lowest BCUT2D eigenvalue weighted by Gasteiger charge is -2.15. The van der Waals surface area contributed by atoms with Crippen LogP contribution in [0.2, 0.25) is 0 Å². The number of nitrogens with two attached hydrogens (primary N) is 1. The van der Waals surface area contributed by atoms with E-state index < -0.39 is 0 Å². The molecule has 0 spiro atoms. The number of carbonyl (C=O) groups is 2. The summed E-state index contributed by atoms with van der Waals surface area (Å²) in [5.74, 6) is -0.282. The van der Waals surface area contributed by atoms with Crippen molar-refractivity contribution in [2.75, 3.05) is 37.8 Å². The van der Waals surface area contributed by atoms with Crippen LogP contribution in [-0.4, -0.2) is 39.0 Å². The van der Waals surface area contributed by atoms with E-state index >= 15 is 0 Å². The van der Waals surface area contributed by atoms with Gasteiger partial charge in [0.2, 0.25) is 5.91 Å². The van der Waals surface area contributed by atoms with Crippen molar-refractivity contribution in [2.45, 2.75) is 19.8 Å². The topological polar surface area (TPSA) is 87.5 Å². The Morgan fingerprint density at radius 1 is 1.19 bits per heavy atom. The first-order chi connectivity index (χ1) is 9.95. The average Bonchev–Trinajstić information content (AvgIpc) is 2.44. The number of hydrogen-bond acceptors (Lipinski definition) is 4. The maximum atomic E-state index is 12.0. The lowest BCUT2D eigenvalue weighted by molar-refractivity contribution is -0.120. The highest BCUT2D eigenvalue weighted by Crippen LogP contribution is 2.22. The zero-order valence-corrected chi connectivity index (χ0v) is 12.9. The van der Waals surface area contributed by atoms with Crippen molar-refractivity contribution in [1.29, 1.82) is 0 Å². The Labute approximate surface area is 125 Å². The van der Waals surface area contributed by atoms with Gasteiger partial charge in [-0.3, -0.25) is 9.59 Å². The summed E-state index contributed by atoms with van der Waals surface area (Å²) < 4.78 is 0. The largest absolute Gasteiger partial charge is 0.397 e. The summed E-state index contributed by atoms with van der Waals surface area (Å²) in [4.78, 5) is 25.3. The van der Waals surface area contributed by atoms with Gasteiger partial charge in [0.15, 0.2) is 0 Å². The number of carbonyl (C=O) groups excluding carboxylic acids is 2. The van der Waals surface area contributed by atoms with Gasteiger partial charge in [0.25, 0.3) is 5.91 Å². The van der Waals surface area contributed by atoms with Crippen LogP contribution >= 0.6 is 0 Å². The van der Waals surface area contributed by atoms with Crippen molar-refractivity contribution < 1.29 is 9.59 Å². The maximum absolute atomic E-state index is 12.0. The molecule has 0 atom stereocenters. The van der Waals surface area contributed by atoms with Crippen LogP contribution in [0, 0.1) is 0 Å². The number of benzene rings is 1. The minimum Gasteiger partial charge on any atom is -0.397 e. The fourth-order valence-corrected chi connectivity index (χ4v) is 1.85. The fraction of sp³-hybridized carbons (Fsp3) is 0.467. The van der Waals surface area contributed by atoms with E-state index in [-0.39, 0.29) is 18.2 Å². The molecule has 0 radical (unpaired) electrons. The molecule has 0 aromatic heterocycles. The minimum atomic E-state index is -0.227. The van der Waals surface area contributed by atoms with E-state index in [0.29, 0.717) is 24.3 Å². The van der Waals surface area contributed by atoms with Crippen molar-refractivity contribution >= 4 is 23.2 Å². The molecule has 0 aliphatic rings. The highest BCUT2D eigenvalue weighted by molar-refractivity contribution is 5.96. The Morgan fingerprint density at radius 3 is 2.48 bits per heavy atom. The molecule has 2 amide bonds. The molecule has 0 fully saturated rings. The molecule has 0 heterocycles. The van der Waals surface area contributed by atoms with Crippen LogP contribution in [-0.2, 0) is 4.79 Å². The third kappa shape index (κ3) is 5.33. The molecule has 116 valence electrons. The van der Waals surface area contributed by atoms with E-state index in [4.69, 9.17) is 5.73 Å². The van der Waals surface area contributed by atoms with Crippen LogP contribution in [0.5, 0.6) is 0 Å². The molecule has 6 nitrogen and oxygen atoms in total. The summed E-state index contributed by atoms with van der Waals surface area (Å²) in [5, 5.41) is 5.47. The predicted molar refractivity (Wildman–Crippen MR) is 85.4 cm³/mol. The molecule has 0 bridgehead atoms. The summed E-state index contributed by atoms with van der Waals surface area (Å²) >= 11 is 0. The minimum absolute atomic E-state index is 0.0559. The van der Waals surface area contributed by atoms with E-state index in [1.165, 1.54) is 0 Å². The average molecular weight is 292 g/mol. The van der Waals surface area contributed by atoms with Crippen LogP contribution in [0.1, 0.15) is 30.1 Å². The molecule has 1 rings (SSSR count). The Balaban J connectivity index is 2.49. The Hall–Kier alpha value is -2.24. The highest BCUT2D eigenvalue weighted by Gasteiger charge is 2.09. The molecule has 6 heteroatoms. The van der Waals surface area contributed by atoms with Crippen LogP contribution in [0.3, 0.4) is 0 Å². The molecule has 0 aliphatic carbocycles. The molecule has 4 N–H and O–H groups in total. The van der Waals surface area contributed by atoms with E-state index in [9.17, 15) is 9.59 Å². The van der Waals surface area contributed by atoms with Crippen molar-refractivity contribution in [3.05, 3.63) is 23.8 Å². The van der Waals surface area contributed by atoms with Crippen LogP contribution in [0.4, 0.5) is 11.4 Å². The van der Waals surface area contributed by atoms with E-state index in [1.54, 1.807) is 18.2 Å². The second-order valence-electron chi connectivity index (χ2n) is 5.02. The second kappa shape index (κ2) is 8.14. The van der Waals surface area contributed by atoms with Crippen LogP contribution in [0.25, 0.3) is 0 Å².